The van der Waals surface area contributed by atoms with Crippen molar-refractivity contribution in [1.82, 2.24) is 10.3 Å². The minimum absolute atomic E-state index is 0.182. The lowest BCUT2D eigenvalue weighted by molar-refractivity contribution is -0.114. The molecule has 0 saturated heterocycles. The first kappa shape index (κ1) is 24.0. The van der Waals surface area contributed by atoms with Crippen LogP contribution in [-0.4, -0.2) is 31.0 Å². The number of anilines is 1. The third-order valence-electron chi connectivity index (χ3n) is 5.28. The Morgan fingerprint density at radius 1 is 0.914 bits per heavy atom. The second-order valence-corrected chi connectivity index (χ2v) is 8.61. The molecule has 4 rings (SSSR count). The molecule has 8 heteroatoms. The number of carbonyl (C=O) groups is 2. The number of aromatic nitrogens is 1. The van der Waals surface area contributed by atoms with Crippen molar-refractivity contribution < 1.29 is 19.1 Å². The molecule has 0 aliphatic carbocycles. The molecule has 1 aromatic heterocycles. The molecule has 7 nitrogen and oxygen atoms in total. The summed E-state index contributed by atoms with van der Waals surface area (Å²) < 4.78 is 10.7. The predicted octanol–water partition coefficient (Wildman–Crippen LogP) is 5.38. The van der Waals surface area contributed by atoms with Crippen molar-refractivity contribution in [2.24, 2.45) is 0 Å². The van der Waals surface area contributed by atoms with E-state index in [1.165, 1.54) is 6.92 Å². The number of rotatable bonds is 8. The molecule has 0 aliphatic rings. The number of hydrogen-bond acceptors (Lipinski definition) is 6. The van der Waals surface area contributed by atoms with Crippen LogP contribution in [0.15, 0.2) is 72.1 Å². The minimum atomic E-state index is -0.208. The highest BCUT2D eigenvalue weighted by atomic mass is 32.1. The van der Waals surface area contributed by atoms with Crippen molar-refractivity contribution in [2.75, 3.05) is 19.5 Å². The van der Waals surface area contributed by atoms with Gasteiger partial charge in [0, 0.05) is 41.2 Å². The fourth-order valence-electron chi connectivity index (χ4n) is 3.53. The van der Waals surface area contributed by atoms with Gasteiger partial charge in [-0.25, -0.2) is 4.98 Å². The molecule has 4 aromatic rings. The largest absolute Gasteiger partial charge is 0.493 e. The summed E-state index contributed by atoms with van der Waals surface area (Å²) in [5, 5.41) is 8.51. The third-order valence-corrected chi connectivity index (χ3v) is 6.17. The lowest BCUT2D eigenvalue weighted by Crippen LogP contribution is -2.22. The van der Waals surface area contributed by atoms with Gasteiger partial charge in [-0.15, -0.1) is 11.3 Å². The summed E-state index contributed by atoms with van der Waals surface area (Å²) in [6.45, 7) is 1.82. The number of thiazole rings is 1. The van der Waals surface area contributed by atoms with Crippen molar-refractivity contribution in [3.05, 3.63) is 83.2 Å². The lowest BCUT2D eigenvalue weighted by atomic mass is 10.1. The first-order valence-corrected chi connectivity index (χ1v) is 11.8. The van der Waals surface area contributed by atoms with Crippen LogP contribution >= 0.6 is 11.3 Å². The number of methoxy groups -OCH3 is 2. The Kier molecular flexibility index (Phi) is 7.42. The zero-order valence-electron chi connectivity index (χ0n) is 19.6. The van der Waals surface area contributed by atoms with Gasteiger partial charge in [-0.1, -0.05) is 30.3 Å². The molecule has 0 atom stereocenters. The van der Waals surface area contributed by atoms with Gasteiger partial charge in [0.1, 0.15) is 5.01 Å². The van der Waals surface area contributed by atoms with Crippen molar-refractivity contribution in [3.63, 3.8) is 0 Å². The fraction of sp³-hybridized carbons (Fsp3) is 0.148. The van der Waals surface area contributed by atoms with Crippen molar-refractivity contribution in [2.45, 2.75) is 13.5 Å². The molecule has 35 heavy (non-hydrogen) atoms. The maximum atomic E-state index is 12.5. The maximum Gasteiger partial charge on any atom is 0.251 e. The predicted molar refractivity (Wildman–Crippen MR) is 138 cm³/mol. The molecule has 0 unspecified atom stereocenters. The van der Waals surface area contributed by atoms with Crippen LogP contribution in [0.4, 0.5) is 5.69 Å². The van der Waals surface area contributed by atoms with Gasteiger partial charge in [-0.05, 0) is 42.0 Å². The number of carbonyl (C=O) groups excluding carboxylic acids is 2. The highest BCUT2D eigenvalue weighted by Crippen LogP contribution is 2.34. The van der Waals surface area contributed by atoms with Gasteiger partial charge in [0.15, 0.2) is 11.5 Å². The molecule has 0 bridgehead atoms. The smallest absolute Gasteiger partial charge is 0.251 e. The molecule has 0 spiro atoms. The molecule has 2 amide bonds. The van der Waals surface area contributed by atoms with E-state index in [9.17, 15) is 9.59 Å². The summed E-state index contributed by atoms with van der Waals surface area (Å²) in [4.78, 5) is 28.5. The molecule has 1 heterocycles. The Labute approximate surface area is 207 Å². The average molecular weight is 488 g/mol. The first-order chi connectivity index (χ1) is 17.0. The number of ether oxygens (including phenoxy) is 2. The Morgan fingerprint density at radius 2 is 1.66 bits per heavy atom. The molecule has 2 N–H and O–H groups in total. The summed E-state index contributed by atoms with van der Waals surface area (Å²) in [7, 11) is 3.22. The van der Waals surface area contributed by atoms with Crippen LogP contribution in [-0.2, 0) is 11.3 Å². The van der Waals surface area contributed by atoms with E-state index in [0.717, 1.165) is 27.4 Å². The van der Waals surface area contributed by atoms with Crippen LogP contribution in [0, 0.1) is 0 Å². The number of nitrogens with one attached hydrogen (secondary N) is 2. The van der Waals surface area contributed by atoms with Gasteiger partial charge >= 0.3 is 0 Å². The summed E-state index contributed by atoms with van der Waals surface area (Å²) >= 11 is 1.56. The SMILES string of the molecule is COc1ccc(-c2csc(-c3ccc(CNC(=O)c4cccc(NC(C)=O)c4)cc3)n2)cc1OC. The maximum absolute atomic E-state index is 12.5. The van der Waals surface area contributed by atoms with E-state index in [2.05, 4.69) is 10.6 Å². The molecule has 0 fully saturated rings. The first-order valence-electron chi connectivity index (χ1n) is 10.9. The second kappa shape index (κ2) is 10.8. The molecule has 0 aliphatic heterocycles. The van der Waals surface area contributed by atoms with Crippen LogP contribution in [0.1, 0.15) is 22.8 Å². The number of hydrogen-bond donors (Lipinski definition) is 2. The van der Waals surface area contributed by atoms with Gasteiger partial charge < -0.3 is 20.1 Å². The lowest BCUT2D eigenvalue weighted by Gasteiger charge is -2.08. The molecular formula is C27H25N3O4S. The Balaban J connectivity index is 1.40. The van der Waals surface area contributed by atoms with E-state index >= 15 is 0 Å². The van der Waals surface area contributed by atoms with Crippen molar-refractivity contribution >= 4 is 28.8 Å². The monoisotopic (exact) mass is 487 g/mol. The molecule has 0 radical (unpaired) electrons. The standard InChI is InChI=1S/C27H25N3O4S/c1-17(31)29-22-6-4-5-21(13-22)26(32)28-15-18-7-9-19(10-8-18)27-30-23(16-35-27)20-11-12-24(33-2)25(14-20)34-3/h4-14,16H,15H2,1-3H3,(H,28,32)(H,29,31). The molecule has 0 saturated carbocycles. The van der Waals surface area contributed by atoms with E-state index in [0.29, 0.717) is 29.3 Å². The van der Waals surface area contributed by atoms with Crippen LogP contribution in [0.5, 0.6) is 11.5 Å². The summed E-state index contributed by atoms with van der Waals surface area (Å²) in [5.74, 6) is 0.946. The quantitative estimate of drug-likeness (QED) is 0.348. The van der Waals surface area contributed by atoms with Crippen LogP contribution in [0.25, 0.3) is 21.8 Å². The Hall–Kier alpha value is -4.17. The Bertz CT molecular complexity index is 1350. The summed E-state index contributed by atoms with van der Waals surface area (Å²) in [5.41, 5.74) is 4.86. The Morgan fingerprint density at radius 3 is 2.37 bits per heavy atom. The highest BCUT2D eigenvalue weighted by molar-refractivity contribution is 7.13. The van der Waals surface area contributed by atoms with E-state index < -0.39 is 0 Å². The molecule has 178 valence electrons. The van der Waals surface area contributed by atoms with E-state index in [1.54, 1.807) is 49.8 Å². The van der Waals surface area contributed by atoms with Crippen LogP contribution in [0.2, 0.25) is 0 Å². The van der Waals surface area contributed by atoms with Crippen molar-refractivity contribution in [1.29, 1.82) is 0 Å². The number of benzene rings is 3. The fourth-order valence-corrected chi connectivity index (χ4v) is 4.36. The normalized spacial score (nSPS) is 10.5. The van der Waals surface area contributed by atoms with Gasteiger partial charge in [0.2, 0.25) is 5.91 Å². The topological polar surface area (TPSA) is 89.6 Å². The second-order valence-electron chi connectivity index (χ2n) is 7.75. The summed E-state index contributed by atoms with van der Waals surface area (Å²) in [6.07, 6.45) is 0. The summed E-state index contributed by atoms with van der Waals surface area (Å²) in [6, 6.07) is 20.5. The van der Waals surface area contributed by atoms with Crippen LogP contribution in [0.3, 0.4) is 0 Å². The molecular weight excluding hydrogens is 462 g/mol. The third kappa shape index (κ3) is 5.85. The minimum Gasteiger partial charge on any atom is -0.493 e. The average Bonchev–Trinajstić information content (AvgIpc) is 3.37. The zero-order valence-corrected chi connectivity index (χ0v) is 20.4. The van der Waals surface area contributed by atoms with E-state index in [-0.39, 0.29) is 11.8 Å². The number of amides is 2. The van der Waals surface area contributed by atoms with Gasteiger partial charge in [0.25, 0.3) is 5.91 Å². The van der Waals surface area contributed by atoms with E-state index in [1.807, 2.05) is 47.8 Å². The van der Waals surface area contributed by atoms with Gasteiger partial charge in [-0.3, -0.25) is 9.59 Å². The van der Waals surface area contributed by atoms with Crippen molar-refractivity contribution in [3.8, 4) is 33.3 Å². The van der Waals surface area contributed by atoms with Gasteiger partial charge in [-0.2, -0.15) is 0 Å². The number of nitrogens with zero attached hydrogens (tertiary/aromatic N) is 1. The van der Waals surface area contributed by atoms with Gasteiger partial charge in [0.05, 0.1) is 19.9 Å². The zero-order chi connectivity index (χ0) is 24.8. The molecule has 3 aromatic carbocycles. The van der Waals surface area contributed by atoms with Crippen LogP contribution < -0.4 is 20.1 Å². The highest BCUT2D eigenvalue weighted by Gasteiger charge is 2.11. The van der Waals surface area contributed by atoms with E-state index in [4.69, 9.17) is 14.5 Å².